The van der Waals surface area contributed by atoms with Gasteiger partial charge in [-0.1, -0.05) is 0 Å². The first kappa shape index (κ1) is 13.5. The molecule has 2 saturated carbocycles. The quantitative estimate of drug-likeness (QED) is 0.822. The van der Waals surface area contributed by atoms with Gasteiger partial charge in [0.05, 0.1) is 0 Å². The highest BCUT2D eigenvalue weighted by atomic mass is 15.4. The molecule has 0 bridgehead atoms. The zero-order valence-corrected chi connectivity index (χ0v) is 12.9. The topological polar surface area (TPSA) is 35.7 Å². The van der Waals surface area contributed by atoms with E-state index in [9.17, 15) is 0 Å². The first-order valence-electron chi connectivity index (χ1n) is 8.67. The van der Waals surface area contributed by atoms with Crippen LogP contribution in [0.3, 0.4) is 0 Å². The predicted molar refractivity (Wildman–Crippen MR) is 81.8 cm³/mol. The van der Waals surface area contributed by atoms with E-state index in [1.807, 2.05) is 0 Å². The van der Waals surface area contributed by atoms with E-state index in [0.29, 0.717) is 0 Å². The summed E-state index contributed by atoms with van der Waals surface area (Å²) in [6.07, 6.45) is 6.99. The van der Waals surface area contributed by atoms with Crippen LogP contribution in [0.4, 0.5) is 0 Å². The Kier molecular flexibility index (Phi) is 3.33. The molecule has 2 saturated heterocycles. The van der Waals surface area contributed by atoms with E-state index < -0.39 is 0 Å². The van der Waals surface area contributed by atoms with Crippen LogP contribution in [0.2, 0.25) is 0 Å². The van der Waals surface area contributed by atoms with Gasteiger partial charge in [-0.2, -0.15) is 0 Å². The Balaban J connectivity index is 1.42. The lowest BCUT2D eigenvalue weighted by molar-refractivity contribution is 0.0373. The standard InChI is InChI=1S/C16H30N4/c1-13-10-16(11-17,12-20(13)15-4-5-15)19-8-6-18(7-9-19)14-2-3-14/h13-15H,2-12,17H2,1H3. The van der Waals surface area contributed by atoms with Gasteiger partial charge in [-0.15, -0.1) is 0 Å². The minimum atomic E-state index is 0.275. The molecule has 0 aromatic heterocycles. The molecule has 0 spiro atoms. The summed E-state index contributed by atoms with van der Waals surface area (Å²) in [4.78, 5) is 8.20. The van der Waals surface area contributed by atoms with Crippen LogP contribution in [-0.4, -0.2) is 77.6 Å². The number of likely N-dealkylation sites (tertiary alicyclic amines) is 1. The molecular formula is C16H30N4. The average Bonchev–Trinajstić information content (AvgIpc) is 3.37. The van der Waals surface area contributed by atoms with Crippen LogP contribution in [-0.2, 0) is 0 Å². The highest BCUT2D eigenvalue weighted by molar-refractivity contribution is 5.07. The molecule has 4 nitrogen and oxygen atoms in total. The lowest BCUT2D eigenvalue weighted by atomic mass is 9.93. The summed E-state index contributed by atoms with van der Waals surface area (Å²) in [5, 5.41) is 0. The van der Waals surface area contributed by atoms with Crippen molar-refractivity contribution in [3.05, 3.63) is 0 Å². The van der Waals surface area contributed by atoms with Crippen LogP contribution < -0.4 is 5.73 Å². The fourth-order valence-electron chi connectivity index (χ4n) is 4.63. The van der Waals surface area contributed by atoms with E-state index in [4.69, 9.17) is 5.73 Å². The van der Waals surface area contributed by atoms with Gasteiger partial charge in [0.15, 0.2) is 0 Å². The maximum absolute atomic E-state index is 6.27. The second-order valence-corrected chi connectivity index (χ2v) is 7.64. The van der Waals surface area contributed by atoms with E-state index in [-0.39, 0.29) is 5.54 Å². The summed E-state index contributed by atoms with van der Waals surface area (Å²) in [5.74, 6) is 0. The molecule has 0 amide bonds. The highest BCUT2D eigenvalue weighted by Gasteiger charge is 2.50. The van der Waals surface area contributed by atoms with Gasteiger partial charge in [0.2, 0.25) is 0 Å². The van der Waals surface area contributed by atoms with Crippen molar-refractivity contribution in [1.29, 1.82) is 0 Å². The Morgan fingerprint density at radius 3 is 2.20 bits per heavy atom. The van der Waals surface area contributed by atoms with Crippen LogP contribution in [0.25, 0.3) is 0 Å². The van der Waals surface area contributed by atoms with Gasteiger partial charge < -0.3 is 5.73 Å². The molecule has 4 aliphatic rings. The van der Waals surface area contributed by atoms with Crippen molar-refractivity contribution in [3.63, 3.8) is 0 Å². The number of piperazine rings is 1. The number of rotatable bonds is 4. The van der Waals surface area contributed by atoms with Crippen molar-refractivity contribution in [3.8, 4) is 0 Å². The Hall–Kier alpha value is -0.160. The number of hydrogen-bond acceptors (Lipinski definition) is 4. The fourth-order valence-corrected chi connectivity index (χ4v) is 4.63. The zero-order chi connectivity index (χ0) is 13.7. The molecule has 2 heterocycles. The average molecular weight is 278 g/mol. The summed E-state index contributed by atoms with van der Waals surface area (Å²) >= 11 is 0. The molecule has 114 valence electrons. The Morgan fingerprint density at radius 2 is 1.65 bits per heavy atom. The Morgan fingerprint density at radius 1 is 1.00 bits per heavy atom. The molecule has 2 atom stereocenters. The van der Waals surface area contributed by atoms with E-state index in [0.717, 1.165) is 24.7 Å². The second-order valence-electron chi connectivity index (χ2n) is 7.64. The third-order valence-electron chi connectivity index (χ3n) is 6.16. The predicted octanol–water partition coefficient (Wildman–Crippen LogP) is 0.721. The van der Waals surface area contributed by atoms with Gasteiger partial charge in [0.25, 0.3) is 0 Å². The number of nitrogens with two attached hydrogens (primary N) is 1. The molecule has 0 radical (unpaired) electrons. The smallest absolute Gasteiger partial charge is 0.0474 e. The van der Waals surface area contributed by atoms with Crippen molar-refractivity contribution in [1.82, 2.24) is 14.7 Å². The van der Waals surface area contributed by atoms with Gasteiger partial charge in [-0.3, -0.25) is 14.7 Å². The summed E-state index contributed by atoms with van der Waals surface area (Å²) in [5.41, 5.74) is 6.54. The minimum Gasteiger partial charge on any atom is -0.329 e. The molecule has 20 heavy (non-hydrogen) atoms. The molecule has 4 rings (SSSR count). The van der Waals surface area contributed by atoms with Crippen LogP contribution >= 0.6 is 0 Å². The van der Waals surface area contributed by atoms with Gasteiger partial charge in [0.1, 0.15) is 0 Å². The minimum absolute atomic E-state index is 0.275. The monoisotopic (exact) mass is 278 g/mol. The van der Waals surface area contributed by atoms with Crippen molar-refractivity contribution >= 4 is 0 Å². The first-order chi connectivity index (χ1) is 9.72. The van der Waals surface area contributed by atoms with Crippen LogP contribution in [0.5, 0.6) is 0 Å². The van der Waals surface area contributed by atoms with Crippen molar-refractivity contribution in [2.75, 3.05) is 39.3 Å². The lowest BCUT2D eigenvalue weighted by Gasteiger charge is -2.45. The largest absolute Gasteiger partial charge is 0.329 e. The van der Waals surface area contributed by atoms with E-state index in [1.54, 1.807) is 0 Å². The molecule has 0 aromatic carbocycles. The Bertz CT molecular complexity index is 357. The first-order valence-corrected chi connectivity index (χ1v) is 8.67. The normalized spacial score (nSPS) is 41.4. The molecule has 4 heteroatoms. The molecule has 2 aliphatic heterocycles. The highest BCUT2D eigenvalue weighted by Crippen LogP contribution is 2.40. The number of nitrogens with zero attached hydrogens (tertiary/aromatic N) is 3. The summed E-state index contributed by atoms with van der Waals surface area (Å²) in [7, 11) is 0. The summed E-state index contributed by atoms with van der Waals surface area (Å²) in [6, 6.07) is 2.54. The molecule has 0 aromatic rings. The van der Waals surface area contributed by atoms with Crippen molar-refractivity contribution < 1.29 is 0 Å². The maximum atomic E-state index is 6.27. The van der Waals surface area contributed by atoms with Gasteiger partial charge in [0, 0.05) is 62.9 Å². The van der Waals surface area contributed by atoms with Crippen molar-refractivity contribution in [2.24, 2.45) is 5.73 Å². The zero-order valence-electron chi connectivity index (χ0n) is 12.9. The molecule has 2 unspecified atom stereocenters. The van der Waals surface area contributed by atoms with Crippen molar-refractivity contribution in [2.45, 2.75) is 62.7 Å². The molecular weight excluding hydrogens is 248 g/mol. The summed E-state index contributed by atoms with van der Waals surface area (Å²) in [6.45, 7) is 9.48. The third kappa shape index (κ3) is 2.31. The van der Waals surface area contributed by atoms with E-state index >= 15 is 0 Å². The third-order valence-corrected chi connectivity index (χ3v) is 6.16. The molecule has 4 fully saturated rings. The lowest BCUT2D eigenvalue weighted by Crippen LogP contribution is -2.61. The molecule has 2 N–H and O–H groups in total. The van der Waals surface area contributed by atoms with Gasteiger partial charge >= 0.3 is 0 Å². The van der Waals surface area contributed by atoms with Crippen LogP contribution in [0, 0.1) is 0 Å². The van der Waals surface area contributed by atoms with Crippen LogP contribution in [0.1, 0.15) is 39.0 Å². The van der Waals surface area contributed by atoms with Crippen LogP contribution in [0.15, 0.2) is 0 Å². The second kappa shape index (κ2) is 4.94. The fraction of sp³-hybridized carbons (Fsp3) is 1.00. The number of hydrogen-bond donors (Lipinski definition) is 1. The maximum Gasteiger partial charge on any atom is 0.0474 e. The SMILES string of the molecule is CC1CC(CN)(N2CCN(C3CC3)CC2)CN1C1CC1. The Labute approximate surface area is 123 Å². The van der Waals surface area contributed by atoms with Gasteiger partial charge in [-0.05, 0) is 39.0 Å². The summed E-state index contributed by atoms with van der Waals surface area (Å²) < 4.78 is 0. The van der Waals surface area contributed by atoms with E-state index in [2.05, 4.69) is 21.6 Å². The van der Waals surface area contributed by atoms with Gasteiger partial charge in [-0.25, -0.2) is 0 Å². The van der Waals surface area contributed by atoms with E-state index in [1.165, 1.54) is 64.8 Å². The molecule has 2 aliphatic carbocycles.